The molecule has 3 nitrogen and oxygen atoms in total. The quantitative estimate of drug-likeness (QED) is 0.803. The molecule has 1 atom stereocenters. The Bertz CT molecular complexity index is 397. The van der Waals surface area contributed by atoms with Crippen LogP contribution >= 0.6 is 0 Å². The molecular weight excluding hydrogens is 223 g/mol. The molecule has 0 saturated carbocycles. The Labute approximate surface area is 90.0 Å². The second-order valence-electron chi connectivity index (χ2n) is 3.14. The van der Waals surface area contributed by atoms with Crippen LogP contribution in [-0.4, -0.2) is 19.5 Å². The summed E-state index contributed by atoms with van der Waals surface area (Å²) >= 11 is 0. The SMILES string of the molecule is COC(=O)C(N)(c1ccccc1F)C(F)F. The molecule has 0 saturated heterocycles. The lowest BCUT2D eigenvalue weighted by Crippen LogP contribution is -2.52. The fourth-order valence-corrected chi connectivity index (χ4v) is 1.28. The van der Waals surface area contributed by atoms with Gasteiger partial charge in [0.05, 0.1) is 7.11 Å². The lowest BCUT2D eigenvalue weighted by atomic mass is 9.91. The molecule has 0 aliphatic heterocycles. The standard InChI is InChI=1S/C10H10F3NO2/c1-16-9(15)10(14,8(12)13)6-4-2-3-5-7(6)11/h2-5,8H,14H2,1H3. The molecule has 1 rings (SSSR count). The molecule has 0 amide bonds. The summed E-state index contributed by atoms with van der Waals surface area (Å²) in [5.41, 5.74) is 1.89. The van der Waals surface area contributed by atoms with Gasteiger partial charge in [0.25, 0.3) is 6.43 Å². The van der Waals surface area contributed by atoms with Crippen LogP contribution in [0.3, 0.4) is 0 Å². The summed E-state index contributed by atoms with van der Waals surface area (Å²) in [4.78, 5) is 11.2. The summed E-state index contributed by atoms with van der Waals surface area (Å²) in [6.45, 7) is 0. The first-order chi connectivity index (χ1) is 7.44. The largest absolute Gasteiger partial charge is 0.467 e. The number of methoxy groups -OCH3 is 1. The molecule has 1 aromatic rings. The predicted molar refractivity (Wildman–Crippen MR) is 50.3 cm³/mol. The number of hydrogen-bond donors (Lipinski definition) is 1. The van der Waals surface area contributed by atoms with Crippen LogP contribution in [0.4, 0.5) is 13.2 Å². The number of alkyl halides is 2. The Morgan fingerprint density at radius 3 is 2.44 bits per heavy atom. The van der Waals surface area contributed by atoms with E-state index in [4.69, 9.17) is 5.73 Å². The first-order valence-electron chi connectivity index (χ1n) is 4.35. The maximum absolute atomic E-state index is 13.3. The highest BCUT2D eigenvalue weighted by Crippen LogP contribution is 2.29. The number of nitrogens with two attached hydrogens (primary N) is 1. The zero-order valence-corrected chi connectivity index (χ0v) is 8.41. The summed E-state index contributed by atoms with van der Waals surface area (Å²) in [5, 5.41) is 0. The number of carbonyl (C=O) groups excluding carboxylic acids is 1. The fourth-order valence-electron chi connectivity index (χ4n) is 1.28. The molecule has 0 heterocycles. The van der Waals surface area contributed by atoms with E-state index in [1.54, 1.807) is 0 Å². The van der Waals surface area contributed by atoms with E-state index in [9.17, 15) is 18.0 Å². The number of rotatable bonds is 3. The van der Waals surface area contributed by atoms with Gasteiger partial charge in [-0.15, -0.1) is 0 Å². The summed E-state index contributed by atoms with van der Waals surface area (Å²) in [6.07, 6.45) is -3.27. The topological polar surface area (TPSA) is 52.3 Å². The van der Waals surface area contributed by atoms with Gasteiger partial charge in [0.1, 0.15) is 5.82 Å². The summed E-state index contributed by atoms with van der Waals surface area (Å²) in [7, 11) is 0.910. The third-order valence-corrected chi connectivity index (χ3v) is 2.19. The van der Waals surface area contributed by atoms with Crippen LogP contribution in [0.15, 0.2) is 24.3 Å². The van der Waals surface area contributed by atoms with Crippen molar-refractivity contribution < 1.29 is 22.7 Å². The Morgan fingerprint density at radius 2 is 2.00 bits per heavy atom. The lowest BCUT2D eigenvalue weighted by Gasteiger charge is -2.26. The molecule has 2 N–H and O–H groups in total. The first-order valence-corrected chi connectivity index (χ1v) is 4.35. The van der Waals surface area contributed by atoms with E-state index in [2.05, 4.69) is 4.74 Å². The van der Waals surface area contributed by atoms with Crippen LogP contribution in [0.1, 0.15) is 5.56 Å². The van der Waals surface area contributed by atoms with E-state index in [1.807, 2.05) is 0 Å². The van der Waals surface area contributed by atoms with Crippen molar-refractivity contribution in [3.63, 3.8) is 0 Å². The highest BCUT2D eigenvalue weighted by molar-refractivity contribution is 5.83. The van der Waals surface area contributed by atoms with Gasteiger partial charge >= 0.3 is 5.97 Å². The van der Waals surface area contributed by atoms with Crippen molar-refractivity contribution in [3.8, 4) is 0 Å². The maximum atomic E-state index is 13.3. The molecule has 0 aromatic heterocycles. The second kappa shape index (κ2) is 4.52. The average molecular weight is 233 g/mol. The van der Waals surface area contributed by atoms with Gasteiger partial charge in [-0.2, -0.15) is 0 Å². The minimum atomic E-state index is -3.27. The van der Waals surface area contributed by atoms with Crippen molar-refractivity contribution in [1.82, 2.24) is 0 Å². The molecule has 16 heavy (non-hydrogen) atoms. The number of hydrogen-bond acceptors (Lipinski definition) is 3. The van der Waals surface area contributed by atoms with Crippen molar-refractivity contribution in [3.05, 3.63) is 35.6 Å². The van der Waals surface area contributed by atoms with E-state index < -0.39 is 29.3 Å². The third kappa shape index (κ3) is 1.88. The Morgan fingerprint density at radius 1 is 1.44 bits per heavy atom. The third-order valence-electron chi connectivity index (χ3n) is 2.19. The normalized spacial score (nSPS) is 14.6. The fraction of sp³-hybridized carbons (Fsp3) is 0.300. The van der Waals surface area contributed by atoms with Crippen molar-refractivity contribution in [1.29, 1.82) is 0 Å². The van der Waals surface area contributed by atoms with E-state index in [-0.39, 0.29) is 0 Å². The number of halogens is 3. The van der Waals surface area contributed by atoms with Gasteiger partial charge in [0, 0.05) is 5.56 Å². The van der Waals surface area contributed by atoms with Crippen LogP contribution in [0.5, 0.6) is 0 Å². The van der Waals surface area contributed by atoms with Crippen LogP contribution in [0, 0.1) is 5.82 Å². The summed E-state index contributed by atoms with van der Waals surface area (Å²) in [5.74, 6) is -2.36. The minimum Gasteiger partial charge on any atom is -0.467 e. The molecule has 0 radical (unpaired) electrons. The smallest absolute Gasteiger partial charge is 0.336 e. The molecule has 88 valence electrons. The first kappa shape index (κ1) is 12.5. The van der Waals surface area contributed by atoms with E-state index in [0.29, 0.717) is 0 Å². The number of benzene rings is 1. The Kier molecular flexibility index (Phi) is 3.54. The highest BCUT2D eigenvalue weighted by atomic mass is 19.3. The number of esters is 1. The van der Waals surface area contributed by atoms with Crippen LogP contribution in [0.2, 0.25) is 0 Å². The van der Waals surface area contributed by atoms with Gasteiger partial charge in [0.15, 0.2) is 0 Å². The van der Waals surface area contributed by atoms with E-state index >= 15 is 0 Å². The zero-order chi connectivity index (χ0) is 12.3. The molecule has 0 bridgehead atoms. The van der Waals surface area contributed by atoms with Gasteiger partial charge < -0.3 is 10.5 Å². The Balaban J connectivity index is 3.33. The summed E-state index contributed by atoms with van der Waals surface area (Å²) < 4.78 is 43.1. The number of carbonyl (C=O) groups is 1. The molecule has 1 aromatic carbocycles. The number of ether oxygens (including phenoxy) is 1. The zero-order valence-electron chi connectivity index (χ0n) is 8.41. The minimum absolute atomic E-state index is 0.586. The van der Waals surface area contributed by atoms with Gasteiger partial charge in [-0.05, 0) is 6.07 Å². The molecule has 0 aliphatic rings. The molecular formula is C10H10F3NO2. The van der Waals surface area contributed by atoms with Crippen molar-refractivity contribution in [2.75, 3.05) is 7.11 Å². The van der Waals surface area contributed by atoms with Gasteiger partial charge in [0.2, 0.25) is 5.54 Å². The summed E-state index contributed by atoms with van der Waals surface area (Å²) in [6, 6.07) is 4.59. The molecule has 0 fully saturated rings. The average Bonchev–Trinajstić information content (AvgIpc) is 2.27. The van der Waals surface area contributed by atoms with Crippen molar-refractivity contribution in [2.45, 2.75) is 12.0 Å². The molecule has 0 aliphatic carbocycles. The predicted octanol–water partition coefficient (Wildman–Crippen LogP) is 1.42. The van der Waals surface area contributed by atoms with Crippen molar-refractivity contribution >= 4 is 5.97 Å². The van der Waals surface area contributed by atoms with Gasteiger partial charge in [-0.1, -0.05) is 18.2 Å². The van der Waals surface area contributed by atoms with Crippen molar-refractivity contribution in [2.24, 2.45) is 5.73 Å². The van der Waals surface area contributed by atoms with E-state index in [0.717, 1.165) is 19.2 Å². The monoisotopic (exact) mass is 233 g/mol. The highest BCUT2D eigenvalue weighted by Gasteiger charge is 2.48. The second-order valence-corrected chi connectivity index (χ2v) is 3.14. The van der Waals surface area contributed by atoms with Crippen LogP contribution in [0.25, 0.3) is 0 Å². The Hall–Kier alpha value is -1.56. The lowest BCUT2D eigenvalue weighted by molar-refractivity contribution is -0.154. The van der Waals surface area contributed by atoms with Crippen LogP contribution in [-0.2, 0) is 15.1 Å². The van der Waals surface area contributed by atoms with E-state index in [1.165, 1.54) is 12.1 Å². The maximum Gasteiger partial charge on any atom is 0.336 e. The van der Waals surface area contributed by atoms with Crippen LogP contribution < -0.4 is 5.73 Å². The molecule has 6 heteroatoms. The molecule has 1 unspecified atom stereocenters. The molecule has 0 spiro atoms. The van der Waals surface area contributed by atoms with Gasteiger partial charge in [-0.3, -0.25) is 0 Å². The van der Waals surface area contributed by atoms with Gasteiger partial charge in [-0.25, -0.2) is 18.0 Å².